The largest absolute Gasteiger partial charge is 0.388 e. The highest BCUT2D eigenvalue weighted by Crippen LogP contribution is 2.31. The molecule has 0 spiro atoms. The van der Waals surface area contributed by atoms with E-state index in [1.807, 2.05) is 84.9 Å². The molecule has 234 valence electrons. The molecule has 1 heterocycles. The molecule has 4 aromatic carbocycles. The number of aliphatic hydroxyl groups excluding tert-OH is 2. The van der Waals surface area contributed by atoms with Crippen LogP contribution in [0.2, 0.25) is 0 Å². The van der Waals surface area contributed by atoms with E-state index in [0.717, 1.165) is 32.7 Å². The van der Waals surface area contributed by atoms with Crippen molar-refractivity contribution >= 4 is 21.5 Å². The number of ether oxygens (including phenoxy) is 4. The first-order chi connectivity index (χ1) is 21.4. The summed E-state index contributed by atoms with van der Waals surface area (Å²) in [7, 11) is 0. The Morgan fingerprint density at radius 1 is 0.659 bits per heavy atom. The zero-order valence-corrected chi connectivity index (χ0v) is 24.5. The van der Waals surface area contributed by atoms with Crippen LogP contribution < -0.4 is 22.9 Å². The van der Waals surface area contributed by atoms with Crippen molar-refractivity contribution < 1.29 is 29.2 Å². The average Bonchev–Trinajstić information content (AvgIpc) is 3.03. The van der Waals surface area contributed by atoms with Gasteiger partial charge in [0.1, 0.15) is 36.6 Å². The molecule has 10 heteroatoms. The van der Waals surface area contributed by atoms with E-state index in [1.165, 1.54) is 0 Å². The summed E-state index contributed by atoms with van der Waals surface area (Å²) in [5, 5.41) is 26.8. The molecule has 1 saturated heterocycles. The van der Waals surface area contributed by atoms with Crippen LogP contribution in [0, 0.1) is 0 Å². The zero-order valence-electron chi connectivity index (χ0n) is 24.5. The Kier molecular flexibility index (Phi) is 9.55. The normalized spacial score (nSPS) is 32.7. The van der Waals surface area contributed by atoms with Gasteiger partial charge in [-0.05, 0) is 39.1 Å². The van der Waals surface area contributed by atoms with E-state index in [9.17, 15) is 10.2 Å². The number of hydrogen-bond acceptors (Lipinski definition) is 10. The Morgan fingerprint density at radius 2 is 1.18 bits per heavy atom. The quantitative estimate of drug-likeness (QED) is 0.165. The lowest BCUT2D eigenvalue weighted by molar-refractivity contribution is -0.295. The number of hydrogen-bond donors (Lipinski definition) is 6. The van der Waals surface area contributed by atoms with Crippen molar-refractivity contribution in [1.82, 2.24) is 0 Å². The molecule has 6 rings (SSSR count). The Labute approximate surface area is 256 Å². The second-order valence-electron chi connectivity index (χ2n) is 11.8. The monoisotopic (exact) mass is 602 g/mol. The second-order valence-corrected chi connectivity index (χ2v) is 11.8. The van der Waals surface area contributed by atoms with Gasteiger partial charge in [-0.2, -0.15) is 0 Å². The molecule has 2 fully saturated rings. The zero-order chi connectivity index (χ0) is 30.8. The van der Waals surface area contributed by atoms with Gasteiger partial charge in [-0.15, -0.1) is 0 Å². The van der Waals surface area contributed by atoms with Crippen LogP contribution in [0.4, 0.5) is 0 Å². The van der Waals surface area contributed by atoms with Crippen LogP contribution in [0.15, 0.2) is 84.9 Å². The average molecular weight is 603 g/mol. The molecule has 1 saturated carbocycles. The summed E-state index contributed by atoms with van der Waals surface area (Å²) in [6, 6.07) is 26.0. The van der Waals surface area contributed by atoms with E-state index in [1.54, 1.807) is 0 Å². The molecule has 1 aliphatic heterocycles. The highest BCUT2D eigenvalue weighted by atomic mass is 16.7. The number of fused-ring (bicyclic) bond motifs is 2. The lowest BCUT2D eigenvalue weighted by atomic mass is 9.84. The highest BCUT2D eigenvalue weighted by molar-refractivity contribution is 5.86. The molecule has 0 amide bonds. The molecule has 2 aliphatic rings. The predicted molar refractivity (Wildman–Crippen MR) is 168 cm³/mol. The first kappa shape index (κ1) is 31.0. The van der Waals surface area contributed by atoms with E-state index in [0.29, 0.717) is 6.42 Å². The third kappa shape index (κ3) is 6.24. The van der Waals surface area contributed by atoms with Gasteiger partial charge in [0.2, 0.25) is 0 Å². The minimum atomic E-state index is -1.15. The number of rotatable bonds is 9. The maximum absolute atomic E-state index is 11.5. The minimum Gasteiger partial charge on any atom is -0.388 e. The summed E-state index contributed by atoms with van der Waals surface area (Å²) in [4.78, 5) is 0. The van der Waals surface area contributed by atoms with Crippen molar-refractivity contribution in [2.75, 3.05) is 6.54 Å². The van der Waals surface area contributed by atoms with E-state index in [2.05, 4.69) is 0 Å². The second kappa shape index (κ2) is 13.6. The number of nitrogens with two attached hydrogens (primary N) is 4. The van der Waals surface area contributed by atoms with Gasteiger partial charge < -0.3 is 52.1 Å². The first-order valence-electron chi connectivity index (χ1n) is 15.2. The van der Waals surface area contributed by atoms with Crippen molar-refractivity contribution in [3.05, 3.63) is 96.1 Å². The van der Waals surface area contributed by atoms with Crippen molar-refractivity contribution in [1.29, 1.82) is 0 Å². The summed E-state index contributed by atoms with van der Waals surface area (Å²) in [6.07, 6.45) is -6.22. The Hall–Kier alpha value is -3.00. The van der Waals surface area contributed by atoms with Crippen LogP contribution in [0.1, 0.15) is 17.5 Å². The van der Waals surface area contributed by atoms with Gasteiger partial charge in [-0.25, -0.2) is 0 Å². The fourth-order valence-electron chi connectivity index (χ4n) is 6.51. The van der Waals surface area contributed by atoms with Crippen LogP contribution in [-0.4, -0.2) is 77.8 Å². The highest BCUT2D eigenvalue weighted by Gasteiger charge is 2.49. The third-order valence-electron chi connectivity index (χ3n) is 8.93. The first-order valence-corrected chi connectivity index (χ1v) is 15.2. The lowest BCUT2D eigenvalue weighted by Crippen LogP contribution is -2.68. The summed E-state index contributed by atoms with van der Waals surface area (Å²) in [5.41, 5.74) is 27.4. The van der Waals surface area contributed by atoms with Crippen LogP contribution >= 0.6 is 0 Å². The third-order valence-corrected chi connectivity index (χ3v) is 8.93. The smallest absolute Gasteiger partial charge is 0.176 e. The maximum atomic E-state index is 11.5. The summed E-state index contributed by atoms with van der Waals surface area (Å²) < 4.78 is 24.8. The van der Waals surface area contributed by atoms with Crippen molar-refractivity contribution in [2.24, 2.45) is 22.9 Å². The Balaban J connectivity index is 1.16. The SMILES string of the molecule is NCC1OC(OC2C(N)CC(N)C(OCc3cccc4ccccc34)C2O)[C@@H](N)C(OCc2cccc3ccccc23)C1O. The van der Waals surface area contributed by atoms with Gasteiger partial charge in [0.05, 0.1) is 19.3 Å². The van der Waals surface area contributed by atoms with Crippen LogP contribution in [0.5, 0.6) is 0 Å². The van der Waals surface area contributed by atoms with E-state index in [-0.39, 0.29) is 19.8 Å². The summed E-state index contributed by atoms with van der Waals surface area (Å²) in [6.45, 7) is 0.484. The van der Waals surface area contributed by atoms with Crippen molar-refractivity contribution in [2.45, 2.75) is 80.7 Å². The Morgan fingerprint density at radius 3 is 1.77 bits per heavy atom. The standard InChI is InChI=1S/C34H42N4O6/c35-16-27-29(39)33(42-18-22-12-6-10-20-8-2-4-14-24(20)22)28(38)34(43-27)44-32-26(37)15-25(36)31(30(32)40)41-17-21-11-5-9-19-7-1-3-13-23(19)21/h1-14,25-34,39-40H,15-18,35-38H2/t25?,26?,27?,28-,29?,30?,31?,32?,33?,34?/m0/s1. The lowest BCUT2D eigenvalue weighted by Gasteiger charge is -2.47. The van der Waals surface area contributed by atoms with Gasteiger partial charge in [0.25, 0.3) is 0 Å². The molecular weight excluding hydrogens is 560 g/mol. The van der Waals surface area contributed by atoms with Gasteiger partial charge in [0.15, 0.2) is 6.29 Å². The molecule has 10 nitrogen and oxygen atoms in total. The molecule has 9 unspecified atom stereocenters. The maximum Gasteiger partial charge on any atom is 0.176 e. The molecule has 0 bridgehead atoms. The van der Waals surface area contributed by atoms with E-state index >= 15 is 0 Å². The van der Waals surface area contributed by atoms with Crippen LogP contribution in [-0.2, 0) is 32.2 Å². The molecule has 4 aromatic rings. The number of benzene rings is 4. The number of aliphatic hydroxyl groups is 2. The molecule has 10 atom stereocenters. The Bertz CT molecular complexity index is 1550. The fourth-order valence-corrected chi connectivity index (χ4v) is 6.51. The minimum absolute atomic E-state index is 0.0167. The van der Waals surface area contributed by atoms with E-state index in [4.69, 9.17) is 41.9 Å². The molecule has 0 aromatic heterocycles. The summed E-state index contributed by atoms with van der Waals surface area (Å²) >= 11 is 0. The van der Waals surface area contributed by atoms with E-state index < -0.39 is 61.0 Å². The van der Waals surface area contributed by atoms with Gasteiger partial charge in [-0.1, -0.05) is 84.9 Å². The van der Waals surface area contributed by atoms with Gasteiger partial charge in [0, 0.05) is 18.6 Å². The molecule has 44 heavy (non-hydrogen) atoms. The molecular formula is C34H42N4O6. The van der Waals surface area contributed by atoms with Gasteiger partial charge >= 0.3 is 0 Å². The van der Waals surface area contributed by atoms with Crippen molar-refractivity contribution in [3.63, 3.8) is 0 Å². The fraction of sp³-hybridized carbons (Fsp3) is 0.412. The summed E-state index contributed by atoms with van der Waals surface area (Å²) in [5.74, 6) is 0. The van der Waals surface area contributed by atoms with Crippen molar-refractivity contribution in [3.8, 4) is 0 Å². The van der Waals surface area contributed by atoms with Gasteiger partial charge in [-0.3, -0.25) is 0 Å². The van der Waals surface area contributed by atoms with Crippen LogP contribution in [0.3, 0.4) is 0 Å². The molecule has 1 aliphatic carbocycles. The predicted octanol–water partition coefficient (Wildman–Crippen LogP) is 1.64. The topological polar surface area (TPSA) is 181 Å². The molecule has 10 N–H and O–H groups in total. The molecule has 0 radical (unpaired) electrons. The van der Waals surface area contributed by atoms with Crippen LogP contribution in [0.25, 0.3) is 21.5 Å².